The molecule has 1 aromatic carbocycles. The maximum Gasteiger partial charge on any atom is 0.259 e. The summed E-state index contributed by atoms with van der Waals surface area (Å²) in [4.78, 5) is 49.3. The van der Waals surface area contributed by atoms with E-state index in [1.54, 1.807) is 17.0 Å². The zero-order chi connectivity index (χ0) is 23.0. The third-order valence-electron chi connectivity index (χ3n) is 5.99. The number of ketones is 1. The van der Waals surface area contributed by atoms with Crippen molar-refractivity contribution in [1.82, 2.24) is 14.9 Å². The van der Waals surface area contributed by atoms with Crippen LogP contribution in [0, 0.1) is 19.7 Å². The Balaban J connectivity index is 1.36. The summed E-state index contributed by atoms with van der Waals surface area (Å²) in [5.74, 6) is -0.103. The number of carbonyl (C=O) groups is 2. The van der Waals surface area contributed by atoms with Crippen molar-refractivity contribution in [2.24, 2.45) is 0 Å². The molecule has 0 spiro atoms. The van der Waals surface area contributed by atoms with Crippen LogP contribution in [0.4, 0.5) is 10.1 Å². The minimum absolute atomic E-state index is 0.0154. The van der Waals surface area contributed by atoms with Crippen molar-refractivity contribution in [1.29, 1.82) is 0 Å². The second-order valence-corrected chi connectivity index (χ2v) is 9.27. The number of hydrogen-bond donors (Lipinski definition) is 1. The molecule has 3 heterocycles. The lowest BCUT2D eigenvalue weighted by Gasteiger charge is -2.36. The number of aromatic amines is 1. The van der Waals surface area contributed by atoms with Gasteiger partial charge in [-0.05, 0) is 44.5 Å². The standard InChI is InChI=1S/C23H25FN4O3S/c1-13-15(3)32-23-21(13)22(31)25-19(26-23)6-7-20(30)28-10-8-27(9-11-28)18-5-4-16(14(2)29)12-17(18)24/h4-5,12H,6-11H2,1-3H3,(H,25,26,31). The van der Waals surface area contributed by atoms with Crippen LogP contribution in [0.25, 0.3) is 10.2 Å². The first kappa shape index (κ1) is 22.1. The van der Waals surface area contributed by atoms with Crippen LogP contribution in [0.2, 0.25) is 0 Å². The number of aryl methyl sites for hydroxylation is 3. The number of H-pyrrole nitrogens is 1. The molecule has 1 aliphatic rings. The van der Waals surface area contributed by atoms with Crippen molar-refractivity contribution in [2.75, 3.05) is 31.1 Å². The number of carbonyl (C=O) groups excluding carboxylic acids is 2. The number of hydrogen-bond acceptors (Lipinski definition) is 6. The van der Waals surface area contributed by atoms with Gasteiger partial charge in [0.15, 0.2) is 5.78 Å². The third kappa shape index (κ3) is 4.29. The molecule has 1 amide bonds. The van der Waals surface area contributed by atoms with Gasteiger partial charge in [-0.3, -0.25) is 14.4 Å². The van der Waals surface area contributed by atoms with Gasteiger partial charge in [-0.2, -0.15) is 0 Å². The highest BCUT2D eigenvalue weighted by molar-refractivity contribution is 7.18. The number of benzene rings is 1. The van der Waals surface area contributed by atoms with Gasteiger partial charge in [-0.15, -0.1) is 11.3 Å². The Hall–Kier alpha value is -3.07. The van der Waals surface area contributed by atoms with Gasteiger partial charge < -0.3 is 14.8 Å². The number of nitrogens with one attached hydrogen (secondary N) is 1. The molecular weight excluding hydrogens is 431 g/mol. The fourth-order valence-corrected chi connectivity index (χ4v) is 5.03. The largest absolute Gasteiger partial charge is 0.366 e. The number of rotatable bonds is 5. The topological polar surface area (TPSA) is 86.4 Å². The van der Waals surface area contributed by atoms with Gasteiger partial charge in [0.25, 0.3) is 5.56 Å². The van der Waals surface area contributed by atoms with Gasteiger partial charge in [0, 0.05) is 49.5 Å². The predicted molar refractivity (Wildman–Crippen MR) is 123 cm³/mol. The van der Waals surface area contributed by atoms with Gasteiger partial charge in [0.1, 0.15) is 16.5 Å². The minimum Gasteiger partial charge on any atom is -0.366 e. The Bertz CT molecular complexity index is 1260. The molecule has 7 nitrogen and oxygen atoms in total. The van der Waals surface area contributed by atoms with Crippen molar-refractivity contribution < 1.29 is 14.0 Å². The number of fused-ring (bicyclic) bond motifs is 1. The number of thiophene rings is 1. The number of anilines is 1. The number of amides is 1. The summed E-state index contributed by atoms with van der Waals surface area (Å²) < 4.78 is 14.4. The van der Waals surface area contributed by atoms with E-state index in [1.807, 2.05) is 18.7 Å². The van der Waals surface area contributed by atoms with Gasteiger partial charge in [-0.25, -0.2) is 9.37 Å². The number of piperazine rings is 1. The first-order valence-corrected chi connectivity index (χ1v) is 11.4. The number of halogens is 1. The van der Waals surface area contributed by atoms with E-state index in [2.05, 4.69) is 9.97 Å². The van der Waals surface area contributed by atoms with E-state index in [1.165, 1.54) is 24.3 Å². The number of Topliss-reactive ketones (excluding diaryl/α,β-unsaturated/α-hetero) is 1. The highest BCUT2D eigenvalue weighted by Gasteiger charge is 2.23. The van der Waals surface area contributed by atoms with Crippen LogP contribution in [0.1, 0.15) is 40.0 Å². The van der Waals surface area contributed by atoms with E-state index < -0.39 is 5.82 Å². The van der Waals surface area contributed by atoms with E-state index in [9.17, 15) is 18.8 Å². The zero-order valence-electron chi connectivity index (χ0n) is 18.3. The predicted octanol–water partition coefficient (Wildman–Crippen LogP) is 3.22. The summed E-state index contributed by atoms with van der Waals surface area (Å²) in [6.45, 7) is 7.28. The molecule has 0 aliphatic carbocycles. The average Bonchev–Trinajstić information content (AvgIpc) is 3.05. The molecule has 1 fully saturated rings. The molecule has 32 heavy (non-hydrogen) atoms. The maximum absolute atomic E-state index is 14.4. The van der Waals surface area contributed by atoms with Crippen LogP contribution in [0.3, 0.4) is 0 Å². The Labute approximate surface area is 188 Å². The molecule has 0 unspecified atom stereocenters. The van der Waals surface area contributed by atoms with Crippen LogP contribution in [0.5, 0.6) is 0 Å². The summed E-state index contributed by atoms with van der Waals surface area (Å²) in [5.41, 5.74) is 1.58. The summed E-state index contributed by atoms with van der Waals surface area (Å²) >= 11 is 1.49. The Morgan fingerprint density at radius 2 is 1.91 bits per heavy atom. The molecule has 1 saturated heterocycles. The SMILES string of the molecule is CC(=O)c1ccc(N2CCN(C(=O)CCc3nc4sc(C)c(C)c4c(=O)[nH]3)CC2)c(F)c1. The summed E-state index contributed by atoms with van der Waals surface area (Å²) in [6.07, 6.45) is 0.612. The van der Waals surface area contributed by atoms with Gasteiger partial charge in [0.2, 0.25) is 5.91 Å². The van der Waals surface area contributed by atoms with E-state index in [0.717, 1.165) is 10.4 Å². The van der Waals surface area contributed by atoms with E-state index in [-0.39, 0.29) is 23.7 Å². The van der Waals surface area contributed by atoms with Crippen LogP contribution in [0.15, 0.2) is 23.0 Å². The van der Waals surface area contributed by atoms with Crippen molar-refractivity contribution in [2.45, 2.75) is 33.6 Å². The van der Waals surface area contributed by atoms with Crippen LogP contribution >= 0.6 is 11.3 Å². The lowest BCUT2D eigenvalue weighted by atomic mass is 10.1. The molecule has 1 N–H and O–H groups in total. The van der Waals surface area contributed by atoms with E-state index >= 15 is 0 Å². The Kier molecular flexibility index (Phi) is 6.10. The first-order chi connectivity index (χ1) is 15.2. The molecule has 2 aromatic heterocycles. The van der Waals surface area contributed by atoms with Crippen molar-refractivity contribution in [3.8, 4) is 0 Å². The van der Waals surface area contributed by atoms with Crippen molar-refractivity contribution in [3.05, 3.63) is 56.2 Å². The first-order valence-electron chi connectivity index (χ1n) is 10.6. The fraction of sp³-hybridized carbons (Fsp3) is 0.391. The Morgan fingerprint density at radius 3 is 2.56 bits per heavy atom. The van der Waals surface area contributed by atoms with Crippen LogP contribution < -0.4 is 10.5 Å². The number of aromatic nitrogens is 2. The molecule has 4 rings (SSSR count). The fourth-order valence-electron chi connectivity index (χ4n) is 3.98. The van der Waals surface area contributed by atoms with Crippen molar-refractivity contribution >= 4 is 38.9 Å². The molecule has 0 atom stereocenters. The quantitative estimate of drug-likeness (QED) is 0.596. The van der Waals surface area contributed by atoms with E-state index in [0.29, 0.717) is 59.9 Å². The van der Waals surface area contributed by atoms with Gasteiger partial charge >= 0.3 is 0 Å². The molecule has 1 aliphatic heterocycles. The van der Waals surface area contributed by atoms with Gasteiger partial charge in [-0.1, -0.05) is 0 Å². The molecule has 0 saturated carbocycles. The number of nitrogens with zero attached hydrogens (tertiary/aromatic N) is 3. The zero-order valence-corrected chi connectivity index (χ0v) is 19.1. The van der Waals surface area contributed by atoms with Crippen LogP contribution in [-0.2, 0) is 11.2 Å². The highest BCUT2D eigenvalue weighted by Crippen LogP contribution is 2.26. The smallest absolute Gasteiger partial charge is 0.259 e. The minimum atomic E-state index is -0.429. The van der Waals surface area contributed by atoms with Gasteiger partial charge in [0.05, 0.1) is 11.1 Å². The van der Waals surface area contributed by atoms with E-state index in [4.69, 9.17) is 0 Å². The highest BCUT2D eigenvalue weighted by atomic mass is 32.1. The average molecular weight is 457 g/mol. The second-order valence-electron chi connectivity index (χ2n) is 8.07. The molecule has 168 valence electrons. The summed E-state index contributed by atoms with van der Waals surface area (Å²) in [6, 6.07) is 4.51. The maximum atomic E-state index is 14.4. The van der Waals surface area contributed by atoms with Crippen molar-refractivity contribution in [3.63, 3.8) is 0 Å². The summed E-state index contributed by atoms with van der Waals surface area (Å²) in [7, 11) is 0. The monoisotopic (exact) mass is 456 g/mol. The molecule has 0 radical (unpaired) electrons. The lowest BCUT2D eigenvalue weighted by Crippen LogP contribution is -2.49. The van der Waals surface area contributed by atoms with Crippen LogP contribution in [-0.4, -0.2) is 52.7 Å². The molecular formula is C23H25FN4O3S. The Morgan fingerprint density at radius 1 is 1.19 bits per heavy atom. The summed E-state index contributed by atoms with van der Waals surface area (Å²) in [5, 5.41) is 0.627. The molecule has 9 heteroatoms. The third-order valence-corrected chi connectivity index (χ3v) is 7.09. The molecule has 0 bridgehead atoms. The lowest BCUT2D eigenvalue weighted by molar-refractivity contribution is -0.131. The second kappa shape index (κ2) is 8.82. The molecule has 3 aromatic rings. The normalized spacial score (nSPS) is 14.2.